The van der Waals surface area contributed by atoms with E-state index in [0.717, 1.165) is 15.6 Å². The molecule has 0 fully saturated rings. The number of carbonyl (C=O) groups is 1. The molecule has 0 radical (unpaired) electrons. The second kappa shape index (κ2) is 6.24. The normalized spacial score (nSPS) is 12.3. The maximum Gasteiger partial charge on any atom is 0.263 e. The number of fused-ring (bicyclic) bond motifs is 1. The van der Waals surface area contributed by atoms with Crippen LogP contribution in [0, 0.1) is 0 Å². The Balaban J connectivity index is 1.88. The lowest BCUT2D eigenvalue weighted by atomic mass is 10.1. The average molecular weight is 351 g/mol. The zero-order valence-corrected chi connectivity index (χ0v) is 14.0. The smallest absolute Gasteiger partial charge is 0.263 e. The number of nitrogens with one attached hydrogen (secondary N) is 1. The van der Waals surface area contributed by atoms with Gasteiger partial charge in [-0.1, -0.05) is 29.3 Å². The molecule has 0 unspecified atom stereocenters. The quantitative estimate of drug-likeness (QED) is 0.714. The Hall–Kier alpha value is -1.62. The molecule has 1 aromatic carbocycles. The lowest BCUT2D eigenvalue weighted by molar-refractivity contribution is 0.0944. The van der Waals surface area contributed by atoms with Gasteiger partial charge in [-0.25, -0.2) is 0 Å². The highest BCUT2D eigenvalue weighted by Gasteiger charge is 2.19. The van der Waals surface area contributed by atoms with Gasteiger partial charge in [0.1, 0.15) is 4.88 Å². The highest BCUT2D eigenvalue weighted by Crippen LogP contribution is 2.36. The second-order valence-corrected chi connectivity index (χ2v) is 6.73. The van der Waals surface area contributed by atoms with Crippen molar-refractivity contribution in [2.45, 2.75) is 13.0 Å². The van der Waals surface area contributed by atoms with Crippen LogP contribution < -0.4 is 5.32 Å². The zero-order valence-electron chi connectivity index (χ0n) is 11.6. The first-order valence-corrected chi connectivity index (χ1v) is 8.22. The fraction of sp³-hybridized carbons (Fsp3) is 0.125. The van der Waals surface area contributed by atoms with Crippen molar-refractivity contribution in [3.63, 3.8) is 0 Å². The van der Waals surface area contributed by atoms with E-state index >= 15 is 0 Å². The molecule has 1 atom stereocenters. The summed E-state index contributed by atoms with van der Waals surface area (Å²) in [6.07, 6.45) is 3.40. The molecular weight excluding hydrogens is 339 g/mol. The number of aromatic nitrogens is 1. The molecule has 0 saturated carbocycles. The molecule has 1 N–H and O–H groups in total. The Morgan fingerprint density at radius 3 is 2.68 bits per heavy atom. The summed E-state index contributed by atoms with van der Waals surface area (Å²) in [5, 5.41) is 4.90. The maximum atomic E-state index is 12.5. The number of carbonyl (C=O) groups excluding carboxylic acids is 1. The fourth-order valence-electron chi connectivity index (χ4n) is 2.18. The third kappa shape index (κ3) is 2.95. The summed E-state index contributed by atoms with van der Waals surface area (Å²) in [4.78, 5) is 16.9. The van der Waals surface area contributed by atoms with Crippen molar-refractivity contribution in [3.8, 4) is 0 Å². The van der Waals surface area contributed by atoms with E-state index in [1.165, 1.54) is 11.3 Å². The molecule has 1 amide bonds. The molecule has 3 nitrogen and oxygen atoms in total. The van der Waals surface area contributed by atoms with E-state index < -0.39 is 0 Å². The van der Waals surface area contributed by atoms with Crippen molar-refractivity contribution < 1.29 is 4.79 Å². The predicted molar refractivity (Wildman–Crippen MR) is 92.0 cm³/mol. The monoisotopic (exact) mass is 350 g/mol. The SMILES string of the molecule is C[C@H](NC(=O)c1sc2cc(Cl)ccc2c1Cl)c1ccncc1. The summed E-state index contributed by atoms with van der Waals surface area (Å²) in [6.45, 7) is 1.92. The van der Waals surface area contributed by atoms with E-state index in [4.69, 9.17) is 23.2 Å². The zero-order chi connectivity index (χ0) is 15.7. The number of amides is 1. The second-order valence-electron chi connectivity index (χ2n) is 4.86. The molecular formula is C16H12Cl2N2OS. The molecule has 2 heterocycles. The van der Waals surface area contributed by atoms with Crippen LogP contribution in [0.25, 0.3) is 10.1 Å². The minimum atomic E-state index is -0.188. The van der Waals surface area contributed by atoms with Crippen LogP contribution in [-0.4, -0.2) is 10.9 Å². The van der Waals surface area contributed by atoms with E-state index in [9.17, 15) is 4.79 Å². The summed E-state index contributed by atoms with van der Waals surface area (Å²) < 4.78 is 0.902. The third-order valence-electron chi connectivity index (χ3n) is 3.35. The minimum Gasteiger partial charge on any atom is -0.345 e. The van der Waals surface area contributed by atoms with E-state index in [1.807, 2.05) is 31.2 Å². The number of pyridine rings is 1. The fourth-order valence-corrected chi connectivity index (χ4v) is 3.88. The van der Waals surface area contributed by atoms with Crippen molar-refractivity contribution in [2.24, 2.45) is 0 Å². The standard InChI is InChI=1S/C16H12Cl2N2OS/c1-9(10-4-6-19-7-5-10)20-16(21)15-14(18)12-3-2-11(17)8-13(12)22-15/h2-9H,1H3,(H,20,21)/t9-/m0/s1. The van der Waals surface area contributed by atoms with Crippen molar-refractivity contribution in [2.75, 3.05) is 0 Å². The highest BCUT2D eigenvalue weighted by atomic mass is 35.5. The van der Waals surface area contributed by atoms with E-state index in [0.29, 0.717) is 14.9 Å². The minimum absolute atomic E-state index is 0.125. The van der Waals surface area contributed by atoms with Gasteiger partial charge in [0.2, 0.25) is 0 Å². The molecule has 6 heteroatoms. The maximum absolute atomic E-state index is 12.5. The number of thiophene rings is 1. The van der Waals surface area contributed by atoms with Crippen molar-refractivity contribution in [1.82, 2.24) is 10.3 Å². The molecule has 0 aliphatic heterocycles. The van der Waals surface area contributed by atoms with Crippen LogP contribution in [0.3, 0.4) is 0 Å². The van der Waals surface area contributed by atoms with Gasteiger partial charge >= 0.3 is 0 Å². The van der Waals surface area contributed by atoms with Crippen molar-refractivity contribution in [3.05, 3.63) is 63.2 Å². The van der Waals surface area contributed by atoms with Gasteiger partial charge in [0.25, 0.3) is 5.91 Å². The Morgan fingerprint density at radius 2 is 1.95 bits per heavy atom. The first-order valence-electron chi connectivity index (χ1n) is 6.64. The number of nitrogens with zero attached hydrogens (tertiary/aromatic N) is 1. The van der Waals surface area contributed by atoms with Crippen LogP contribution in [0.1, 0.15) is 28.2 Å². The third-order valence-corrected chi connectivity index (χ3v) is 5.24. The average Bonchev–Trinajstić information content (AvgIpc) is 2.84. The van der Waals surface area contributed by atoms with Crippen LogP contribution in [0.5, 0.6) is 0 Å². The summed E-state index contributed by atoms with van der Waals surface area (Å²) in [6, 6.07) is 9.04. The van der Waals surface area contributed by atoms with Crippen LogP contribution in [0.2, 0.25) is 10.0 Å². The highest BCUT2D eigenvalue weighted by molar-refractivity contribution is 7.21. The molecule has 22 heavy (non-hydrogen) atoms. The van der Waals surface area contributed by atoms with Gasteiger partial charge in [-0.05, 0) is 36.8 Å². The first kappa shape index (κ1) is 15.3. The van der Waals surface area contributed by atoms with Crippen molar-refractivity contribution in [1.29, 1.82) is 0 Å². The first-order chi connectivity index (χ1) is 10.6. The van der Waals surface area contributed by atoms with Gasteiger partial charge < -0.3 is 5.32 Å². The number of hydrogen-bond donors (Lipinski definition) is 1. The van der Waals surface area contributed by atoms with E-state index in [1.54, 1.807) is 18.5 Å². The Kier molecular flexibility index (Phi) is 4.34. The van der Waals surface area contributed by atoms with Gasteiger partial charge in [0.15, 0.2) is 0 Å². The van der Waals surface area contributed by atoms with Crippen LogP contribution in [0.15, 0.2) is 42.7 Å². The predicted octanol–water partition coefficient (Wildman–Crippen LogP) is 5.09. The molecule has 0 spiro atoms. The molecule has 3 rings (SSSR count). The molecule has 0 aliphatic carbocycles. The molecule has 0 bridgehead atoms. The molecule has 2 aromatic heterocycles. The molecule has 0 aliphatic rings. The number of benzene rings is 1. The van der Waals surface area contributed by atoms with Crippen LogP contribution in [0.4, 0.5) is 0 Å². The van der Waals surface area contributed by atoms with Crippen LogP contribution in [-0.2, 0) is 0 Å². The molecule has 3 aromatic rings. The van der Waals surface area contributed by atoms with Crippen LogP contribution >= 0.6 is 34.5 Å². The Labute approximate surface area is 141 Å². The Bertz CT molecular complexity index is 833. The Morgan fingerprint density at radius 1 is 1.23 bits per heavy atom. The number of rotatable bonds is 3. The van der Waals surface area contributed by atoms with Gasteiger partial charge in [-0.3, -0.25) is 9.78 Å². The van der Waals surface area contributed by atoms with Crippen molar-refractivity contribution >= 4 is 50.5 Å². The summed E-state index contributed by atoms with van der Waals surface area (Å²) in [7, 11) is 0. The summed E-state index contributed by atoms with van der Waals surface area (Å²) in [5.41, 5.74) is 0.989. The number of halogens is 2. The summed E-state index contributed by atoms with van der Waals surface area (Å²) in [5.74, 6) is -0.188. The molecule has 0 saturated heterocycles. The van der Waals surface area contributed by atoms with Gasteiger partial charge in [0.05, 0.1) is 11.1 Å². The van der Waals surface area contributed by atoms with E-state index in [-0.39, 0.29) is 11.9 Å². The summed E-state index contributed by atoms with van der Waals surface area (Å²) >= 11 is 13.7. The molecule has 112 valence electrons. The topological polar surface area (TPSA) is 42.0 Å². The van der Waals surface area contributed by atoms with Gasteiger partial charge in [-0.15, -0.1) is 11.3 Å². The van der Waals surface area contributed by atoms with E-state index in [2.05, 4.69) is 10.3 Å². The number of hydrogen-bond acceptors (Lipinski definition) is 3. The lowest BCUT2D eigenvalue weighted by Crippen LogP contribution is -2.26. The van der Waals surface area contributed by atoms with Gasteiger partial charge in [-0.2, -0.15) is 0 Å². The largest absolute Gasteiger partial charge is 0.345 e. The lowest BCUT2D eigenvalue weighted by Gasteiger charge is -2.13. The van der Waals surface area contributed by atoms with Gasteiger partial charge in [0, 0.05) is 27.5 Å².